The average Bonchev–Trinajstić information content (AvgIpc) is 2.35. The molecule has 1 aliphatic rings. The van der Waals surface area contributed by atoms with Crippen molar-refractivity contribution in [2.24, 2.45) is 5.41 Å². The molecule has 0 bridgehead atoms. The summed E-state index contributed by atoms with van der Waals surface area (Å²) < 4.78 is 0. The summed E-state index contributed by atoms with van der Waals surface area (Å²) >= 11 is 0. The Bertz CT molecular complexity index is 448. The predicted molar refractivity (Wildman–Crippen MR) is 72.3 cm³/mol. The lowest BCUT2D eigenvalue weighted by Gasteiger charge is -2.35. The Morgan fingerprint density at radius 3 is 2.83 bits per heavy atom. The Balaban J connectivity index is 2.12. The topological polar surface area (TPSA) is 33.2 Å². The van der Waals surface area contributed by atoms with Crippen LogP contribution >= 0.6 is 0 Å². The number of aromatic nitrogens is 1. The molecule has 1 atom stereocenters. The second-order valence-corrected chi connectivity index (χ2v) is 6.17. The summed E-state index contributed by atoms with van der Waals surface area (Å²) in [5, 5.41) is 0. The Kier molecular flexibility index (Phi) is 3.42. The number of hydrogen-bond donors (Lipinski definition) is 0. The van der Waals surface area contributed by atoms with Crippen molar-refractivity contribution in [2.75, 3.05) is 7.05 Å². The van der Waals surface area contributed by atoms with E-state index >= 15 is 0 Å². The maximum absolute atomic E-state index is 12.3. The van der Waals surface area contributed by atoms with E-state index in [2.05, 4.69) is 11.1 Å². The second-order valence-electron chi connectivity index (χ2n) is 6.17. The molecule has 1 amide bonds. The van der Waals surface area contributed by atoms with E-state index in [0.29, 0.717) is 6.04 Å². The summed E-state index contributed by atoms with van der Waals surface area (Å²) in [6.07, 6.45) is 4.79. The summed E-state index contributed by atoms with van der Waals surface area (Å²) in [7, 11) is 1.92. The van der Waals surface area contributed by atoms with Crippen molar-refractivity contribution in [2.45, 2.75) is 46.1 Å². The van der Waals surface area contributed by atoms with E-state index < -0.39 is 0 Å². The number of likely N-dealkylation sites (N-methyl/N-ethyl adjacent to an activating group) is 1. The first kappa shape index (κ1) is 13.1. The zero-order valence-corrected chi connectivity index (χ0v) is 11.7. The van der Waals surface area contributed by atoms with Crippen LogP contribution in [0.2, 0.25) is 0 Å². The van der Waals surface area contributed by atoms with Gasteiger partial charge in [0.25, 0.3) is 0 Å². The third-order valence-corrected chi connectivity index (χ3v) is 3.67. The molecule has 3 nitrogen and oxygen atoms in total. The Labute approximate surface area is 109 Å². The summed E-state index contributed by atoms with van der Waals surface area (Å²) in [5.41, 5.74) is 2.19. The molecule has 2 rings (SSSR count). The van der Waals surface area contributed by atoms with Gasteiger partial charge in [-0.15, -0.1) is 0 Å². The number of amides is 1. The second kappa shape index (κ2) is 4.71. The number of rotatable bonds is 1. The lowest BCUT2D eigenvalue weighted by atomic mass is 9.88. The minimum Gasteiger partial charge on any atom is -0.342 e. The largest absolute Gasteiger partial charge is 0.342 e. The molecule has 0 saturated heterocycles. The highest BCUT2D eigenvalue weighted by molar-refractivity contribution is 5.81. The minimum absolute atomic E-state index is 0.215. The van der Waals surface area contributed by atoms with Crippen molar-refractivity contribution >= 4 is 5.91 Å². The first-order valence-electron chi connectivity index (χ1n) is 6.59. The molecule has 1 aromatic heterocycles. The average molecular weight is 246 g/mol. The molecule has 0 aliphatic heterocycles. The van der Waals surface area contributed by atoms with Crippen LogP contribution in [0.25, 0.3) is 0 Å². The van der Waals surface area contributed by atoms with Gasteiger partial charge in [0.05, 0.1) is 0 Å². The molecule has 0 spiro atoms. The van der Waals surface area contributed by atoms with E-state index in [-0.39, 0.29) is 11.3 Å². The molecule has 3 heteroatoms. The molecule has 1 aromatic rings. The fraction of sp³-hybridized carbons (Fsp3) is 0.600. The van der Waals surface area contributed by atoms with Gasteiger partial charge in [-0.2, -0.15) is 0 Å². The van der Waals surface area contributed by atoms with Gasteiger partial charge in [-0.25, -0.2) is 0 Å². The summed E-state index contributed by atoms with van der Waals surface area (Å²) in [6.45, 7) is 5.92. The molecule has 1 unspecified atom stereocenters. The van der Waals surface area contributed by atoms with Crippen LogP contribution in [0, 0.1) is 5.41 Å². The maximum Gasteiger partial charge on any atom is 0.227 e. The molecule has 98 valence electrons. The number of fused-ring (bicyclic) bond motifs is 1. The number of hydrogen-bond acceptors (Lipinski definition) is 2. The van der Waals surface area contributed by atoms with Gasteiger partial charge in [0.2, 0.25) is 5.91 Å². The van der Waals surface area contributed by atoms with Crippen molar-refractivity contribution in [3.8, 4) is 0 Å². The van der Waals surface area contributed by atoms with Crippen LogP contribution in [0.15, 0.2) is 18.3 Å². The predicted octanol–water partition coefficient (Wildman–Crippen LogP) is 2.44. The van der Waals surface area contributed by atoms with Crippen molar-refractivity contribution in [3.63, 3.8) is 0 Å². The maximum atomic E-state index is 12.3. The normalized spacial score (nSPS) is 19.2. The van der Waals surface area contributed by atoms with Crippen LogP contribution in [0.4, 0.5) is 0 Å². The molecule has 0 saturated carbocycles. The molecule has 1 heterocycles. The standard InChI is InChI=1S/C15H22N2O/c1-15(2,3)14(18)17(4)12-8-7-11-6-5-9-16-13(11)10-12/h5-6,9,12H,7-8,10H2,1-4H3. The minimum atomic E-state index is -0.306. The number of carbonyl (C=O) groups is 1. The van der Waals surface area contributed by atoms with Crippen molar-refractivity contribution in [3.05, 3.63) is 29.6 Å². The Morgan fingerprint density at radius 2 is 2.17 bits per heavy atom. The van der Waals surface area contributed by atoms with Gasteiger partial charge in [-0.05, 0) is 24.5 Å². The lowest BCUT2D eigenvalue weighted by molar-refractivity contribution is -0.140. The zero-order chi connectivity index (χ0) is 13.3. The smallest absolute Gasteiger partial charge is 0.227 e. The number of aryl methyl sites for hydroxylation is 1. The van der Waals surface area contributed by atoms with Crippen molar-refractivity contribution in [1.29, 1.82) is 0 Å². The first-order valence-corrected chi connectivity index (χ1v) is 6.59. The van der Waals surface area contributed by atoms with Gasteiger partial charge in [0.15, 0.2) is 0 Å². The van der Waals surface area contributed by atoms with Crippen LogP contribution in [-0.2, 0) is 17.6 Å². The van der Waals surface area contributed by atoms with Gasteiger partial charge in [0, 0.05) is 36.8 Å². The highest BCUT2D eigenvalue weighted by Crippen LogP contribution is 2.25. The Morgan fingerprint density at radius 1 is 1.44 bits per heavy atom. The van der Waals surface area contributed by atoms with Crippen molar-refractivity contribution < 1.29 is 4.79 Å². The van der Waals surface area contributed by atoms with Crippen LogP contribution in [0.1, 0.15) is 38.4 Å². The SMILES string of the molecule is CN(C(=O)C(C)(C)C)C1CCc2cccnc2C1. The van der Waals surface area contributed by atoms with E-state index in [9.17, 15) is 4.79 Å². The molecule has 1 aliphatic carbocycles. The summed E-state index contributed by atoms with van der Waals surface area (Å²) in [5.74, 6) is 0.215. The van der Waals surface area contributed by atoms with E-state index in [1.54, 1.807) is 0 Å². The highest BCUT2D eigenvalue weighted by Gasteiger charge is 2.31. The molecule has 0 aromatic carbocycles. The molecule has 0 fully saturated rings. The van der Waals surface area contributed by atoms with Gasteiger partial charge in [0.1, 0.15) is 0 Å². The zero-order valence-electron chi connectivity index (χ0n) is 11.7. The van der Waals surface area contributed by atoms with Crippen LogP contribution in [-0.4, -0.2) is 28.9 Å². The monoisotopic (exact) mass is 246 g/mol. The van der Waals surface area contributed by atoms with Crippen LogP contribution in [0.5, 0.6) is 0 Å². The van der Waals surface area contributed by atoms with E-state index in [1.165, 1.54) is 5.56 Å². The number of nitrogens with zero attached hydrogens (tertiary/aromatic N) is 2. The fourth-order valence-corrected chi connectivity index (χ4v) is 2.56. The quantitative estimate of drug-likeness (QED) is 0.762. The number of pyridine rings is 1. The first-order chi connectivity index (χ1) is 8.39. The highest BCUT2D eigenvalue weighted by atomic mass is 16.2. The third-order valence-electron chi connectivity index (χ3n) is 3.67. The molecular weight excluding hydrogens is 224 g/mol. The van der Waals surface area contributed by atoms with E-state index in [4.69, 9.17) is 0 Å². The molecular formula is C15H22N2O. The van der Waals surface area contributed by atoms with Gasteiger partial charge in [-0.3, -0.25) is 9.78 Å². The lowest BCUT2D eigenvalue weighted by Crippen LogP contribution is -2.45. The van der Waals surface area contributed by atoms with Crippen molar-refractivity contribution in [1.82, 2.24) is 9.88 Å². The number of carbonyl (C=O) groups excluding carboxylic acids is 1. The summed E-state index contributed by atoms with van der Waals surface area (Å²) in [6, 6.07) is 4.42. The molecule has 0 N–H and O–H groups in total. The fourth-order valence-electron chi connectivity index (χ4n) is 2.56. The van der Waals surface area contributed by atoms with Crippen LogP contribution < -0.4 is 0 Å². The summed E-state index contributed by atoms with van der Waals surface area (Å²) in [4.78, 5) is 18.6. The van der Waals surface area contributed by atoms with Crippen LogP contribution in [0.3, 0.4) is 0 Å². The van der Waals surface area contributed by atoms with Gasteiger partial charge >= 0.3 is 0 Å². The van der Waals surface area contributed by atoms with Gasteiger partial charge in [-0.1, -0.05) is 26.8 Å². The Hall–Kier alpha value is -1.38. The molecule has 18 heavy (non-hydrogen) atoms. The third kappa shape index (κ3) is 2.55. The van der Waals surface area contributed by atoms with Gasteiger partial charge < -0.3 is 4.90 Å². The van der Waals surface area contributed by atoms with E-state index in [0.717, 1.165) is 25.0 Å². The molecule has 0 radical (unpaired) electrons. The van der Waals surface area contributed by atoms with E-state index in [1.807, 2.05) is 45.0 Å².